The van der Waals surface area contributed by atoms with Crippen LogP contribution in [0.3, 0.4) is 0 Å². The smallest absolute Gasteiger partial charge is 0.321 e. The van der Waals surface area contributed by atoms with Crippen LogP contribution in [0.5, 0.6) is 0 Å². The monoisotopic (exact) mass is 258 g/mol. The lowest BCUT2D eigenvalue weighted by Gasteiger charge is -2.09. The van der Waals surface area contributed by atoms with Gasteiger partial charge >= 0.3 is 5.97 Å². The lowest BCUT2D eigenvalue weighted by molar-refractivity contribution is -0.139. The zero-order chi connectivity index (χ0) is 11.9. The number of halogens is 2. The van der Waals surface area contributed by atoms with Crippen molar-refractivity contribution in [2.75, 3.05) is 6.61 Å². The molecule has 0 aliphatic carbocycles. The molecular formula is C11H8Cl2O3. The molecule has 0 saturated carbocycles. The van der Waals surface area contributed by atoms with Crippen LogP contribution in [0.15, 0.2) is 12.1 Å². The van der Waals surface area contributed by atoms with Crippen molar-refractivity contribution in [3.8, 4) is 0 Å². The van der Waals surface area contributed by atoms with Crippen LogP contribution >= 0.6 is 23.2 Å². The number of carbonyl (C=O) groups is 2. The summed E-state index contributed by atoms with van der Waals surface area (Å²) in [5.41, 5.74) is 1.22. The van der Waals surface area contributed by atoms with E-state index >= 15 is 0 Å². The van der Waals surface area contributed by atoms with Gasteiger partial charge in [0.2, 0.25) is 0 Å². The van der Waals surface area contributed by atoms with Gasteiger partial charge in [0.1, 0.15) is 5.92 Å². The molecule has 1 aromatic carbocycles. The highest BCUT2D eigenvalue weighted by molar-refractivity contribution is 6.35. The Hall–Kier alpha value is -1.06. The van der Waals surface area contributed by atoms with E-state index in [4.69, 9.17) is 23.2 Å². The molecule has 1 atom stereocenters. The van der Waals surface area contributed by atoms with Gasteiger partial charge in [-0.15, -0.1) is 0 Å². The predicted octanol–water partition coefficient (Wildman–Crippen LogP) is 2.51. The Morgan fingerprint density at radius 1 is 1.25 bits per heavy atom. The largest absolute Gasteiger partial charge is 0.457 e. The molecule has 1 aromatic rings. The van der Waals surface area contributed by atoms with E-state index in [0.717, 1.165) is 5.56 Å². The highest BCUT2D eigenvalue weighted by Crippen LogP contribution is 2.33. The number of esters is 1. The number of benzene rings is 1. The van der Waals surface area contributed by atoms with Crippen LogP contribution in [0, 0.1) is 6.92 Å². The Bertz CT molecular complexity index is 466. The third-order valence-corrected chi connectivity index (χ3v) is 3.24. The second kappa shape index (κ2) is 4.07. The van der Waals surface area contributed by atoms with Crippen LogP contribution in [-0.4, -0.2) is 18.4 Å². The molecule has 1 unspecified atom stereocenters. The predicted molar refractivity (Wildman–Crippen MR) is 59.9 cm³/mol. The molecule has 1 aliphatic heterocycles. The molecule has 0 amide bonds. The van der Waals surface area contributed by atoms with Gasteiger partial charge in [-0.2, -0.15) is 0 Å². The third-order valence-electron chi connectivity index (χ3n) is 2.50. The normalized spacial score (nSPS) is 20.1. The average molecular weight is 259 g/mol. The van der Waals surface area contributed by atoms with Gasteiger partial charge in [-0.1, -0.05) is 23.2 Å². The maximum atomic E-state index is 11.5. The first-order chi connectivity index (χ1) is 7.50. The van der Waals surface area contributed by atoms with Gasteiger partial charge in [0.15, 0.2) is 12.4 Å². The van der Waals surface area contributed by atoms with Gasteiger partial charge in [-0.25, -0.2) is 0 Å². The van der Waals surface area contributed by atoms with Crippen molar-refractivity contribution in [3.63, 3.8) is 0 Å². The van der Waals surface area contributed by atoms with Crippen LogP contribution in [0.2, 0.25) is 10.0 Å². The molecule has 2 rings (SSSR count). The molecule has 1 fully saturated rings. The van der Waals surface area contributed by atoms with E-state index in [-0.39, 0.29) is 12.4 Å². The Labute approximate surface area is 102 Å². The number of Topliss-reactive ketones (excluding diaryl/α,β-unsaturated/α-hetero) is 1. The van der Waals surface area contributed by atoms with Gasteiger partial charge in [0.25, 0.3) is 0 Å². The summed E-state index contributed by atoms with van der Waals surface area (Å²) in [4.78, 5) is 22.9. The minimum atomic E-state index is -0.925. The average Bonchev–Trinajstić information content (AvgIpc) is 2.53. The zero-order valence-electron chi connectivity index (χ0n) is 8.42. The first-order valence-corrected chi connectivity index (χ1v) is 5.41. The van der Waals surface area contributed by atoms with E-state index in [9.17, 15) is 9.59 Å². The number of carbonyl (C=O) groups excluding carboxylic acids is 2. The summed E-state index contributed by atoms with van der Waals surface area (Å²) in [6.07, 6.45) is 0. The van der Waals surface area contributed by atoms with Crippen molar-refractivity contribution in [2.24, 2.45) is 0 Å². The molecular weight excluding hydrogens is 251 g/mol. The molecule has 0 spiro atoms. The summed E-state index contributed by atoms with van der Waals surface area (Å²) in [5.74, 6) is -1.77. The van der Waals surface area contributed by atoms with Gasteiger partial charge in [-0.3, -0.25) is 9.59 Å². The highest BCUT2D eigenvalue weighted by Gasteiger charge is 2.38. The Balaban J connectivity index is 2.51. The molecule has 3 nitrogen and oxygen atoms in total. The quantitative estimate of drug-likeness (QED) is 0.575. The van der Waals surface area contributed by atoms with Crippen molar-refractivity contribution in [1.82, 2.24) is 0 Å². The minimum Gasteiger partial charge on any atom is -0.457 e. The number of aryl methyl sites for hydroxylation is 1. The molecule has 1 aliphatic rings. The fraction of sp³-hybridized carbons (Fsp3) is 0.273. The Morgan fingerprint density at radius 3 is 2.50 bits per heavy atom. The number of ether oxygens (including phenoxy) is 1. The van der Waals surface area contributed by atoms with Crippen molar-refractivity contribution in [3.05, 3.63) is 33.3 Å². The van der Waals surface area contributed by atoms with Crippen molar-refractivity contribution < 1.29 is 14.3 Å². The van der Waals surface area contributed by atoms with E-state index in [1.807, 2.05) is 0 Å². The summed E-state index contributed by atoms with van der Waals surface area (Å²) >= 11 is 11.9. The van der Waals surface area contributed by atoms with E-state index in [0.29, 0.717) is 15.6 Å². The molecule has 0 radical (unpaired) electrons. The number of hydrogen-bond acceptors (Lipinski definition) is 3. The van der Waals surface area contributed by atoms with E-state index < -0.39 is 11.9 Å². The SMILES string of the molecule is Cc1cc(Cl)c(C2C(=O)COC2=O)cc1Cl. The van der Waals surface area contributed by atoms with Crippen LogP contribution in [0.4, 0.5) is 0 Å². The van der Waals surface area contributed by atoms with E-state index in [2.05, 4.69) is 4.74 Å². The topological polar surface area (TPSA) is 43.4 Å². The molecule has 1 heterocycles. The fourth-order valence-electron chi connectivity index (χ4n) is 1.62. The van der Waals surface area contributed by atoms with Gasteiger partial charge in [0, 0.05) is 10.0 Å². The van der Waals surface area contributed by atoms with Crippen LogP contribution in [0.1, 0.15) is 17.0 Å². The molecule has 1 saturated heterocycles. The first kappa shape index (κ1) is 11.4. The van der Waals surface area contributed by atoms with E-state index in [1.54, 1.807) is 19.1 Å². The standard InChI is InChI=1S/C11H8Cl2O3/c1-5-2-8(13)6(3-7(5)12)10-9(14)4-16-11(10)15/h2-3,10H,4H2,1H3. The molecule has 5 heteroatoms. The lowest BCUT2D eigenvalue weighted by Crippen LogP contribution is -2.13. The van der Waals surface area contributed by atoms with Crippen molar-refractivity contribution >= 4 is 35.0 Å². The first-order valence-electron chi connectivity index (χ1n) is 4.65. The second-order valence-corrected chi connectivity index (χ2v) is 4.44. The Kier molecular flexibility index (Phi) is 2.91. The third kappa shape index (κ3) is 1.81. The van der Waals surface area contributed by atoms with Gasteiger partial charge in [-0.05, 0) is 30.2 Å². The molecule has 0 bridgehead atoms. The summed E-state index contributed by atoms with van der Waals surface area (Å²) in [5, 5.41) is 0.839. The van der Waals surface area contributed by atoms with Crippen LogP contribution < -0.4 is 0 Å². The summed E-state index contributed by atoms with van der Waals surface area (Å²) in [7, 11) is 0. The van der Waals surface area contributed by atoms with E-state index in [1.165, 1.54) is 0 Å². The second-order valence-electron chi connectivity index (χ2n) is 3.63. The molecule has 84 valence electrons. The number of ketones is 1. The summed E-state index contributed by atoms with van der Waals surface area (Å²) in [6, 6.07) is 3.19. The number of rotatable bonds is 1. The minimum absolute atomic E-state index is 0.189. The summed E-state index contributed by atoms with van der Waals surface area (Å²) in [6.45, 7) is 1.61. The Morgan fingerprint density at radius 2 is 1.94 bits per heavy atom. The summed E-state index contributed by atoms with van der Waals surface area (Å²) < 4.78 is 4.67. The maximum Gasteiger partial charge on any atom is 0.321 e. The molecule has 16 heavy (non-hydrogen) atoms. The van der Waals surface area contributed by atoms with Crippen LogP contribution in [0.25, 0.3) is 0 Å². The zero-order valence-corrected chi connectivity index (χ0v) is 9.93. The maximum absolute atomic E-state index is 11.5. The van der Waals surface area contributed by atoms with Crippen molar-refractivity contribution in [2.45, 2.75) is 12.8 Å². The molecule has 0 N–H and O–H groups in total. The lowest BCUT2D eigenvalue weighted by atomic mass is 9.96. The van der Waals surface area contributed by atoms with Crippen molar-refractivity contribution in [1.29, 1.82) is 0 Å². The van der Waals surface area contributed by atoms with Crippen LogP contribution in [-0.2, 0) is 14.3 Å². The van der Waals surface area contributed by atoms with Gasteiger partial charge in [0.05, 0.1) is 0 Å². The van der Waals surface area contributed by atoms with Gasteiger partial charge < -0.3 is 4.74 Å². The fourth-order valence-corrected chi connectivity index (χ4v) is 2.12. The molecule has 0 aromatic heterocycles. The number of hydrogen-bond donors (Lipinski definition) is 0. The number of cyclic esters (lactones) is 1. The highest BCUT2D eigenvalue weighted by atomic mass is 35.5.